The van der Waals surface area contributed by atoms with Gasteiger partial charge >= 0.3 is 11.8 Å². The number of aryl methyl sites for hydroxylation is 1. The van der Waals surface area contributed by atoms with Crippen molar-refractivity contribution in [3.8, 4) is 0 Å². The van der Waals surface area contributed by atoms with E-state index in [-0.39, 0.29) is 17.5 Å². The molecular weight excluding hydrogens is 318 g/mol. The summed E-state index contributed by atoms with van der Waals surface area (Å²) in [5.74, 6) is -1.50. The minimum Gasteiger partial charge on any atom is -0.351 e. The number of benzene rings is 1. The van der Waals surface area contributed by atoms with Crippen LogP contribution in [0.4, 0.5) is 0 Å². The van der Waals surface area contributed by atoms with Gasteiger partial charge in [-0.25, -0.2) is 8.42 Å². The van der Waals surface area contributed by atoms with E-state index in [1.165, 1.54) is 11.4 Å². The largest absolute Gasteiger partial charge is 0.351 e. The van der Waals surface area contributed by atoms with Crippen LogP contribution in [0.1, 0.15) is 18.4 Å². The van der Waals surface area contributed by atoms with Gasteiger partial charge in [0, 0.05) is 26.2 Å². The zero-order valence-electron chi connectivity index (χ0n) is 13.2. The molecule has 1 atom stereocenters. The van der Waals surface area contributed by atoms with Crippen LogP contribution in [0, 0.1) is 6.92 Å². The Bertz CT molecular complexity index is 685. The number of hydrogen-bond donors (Lipinski definition) is 2. The van der Waals surface area contributed by atoms with E-state index < -0.39 is 21.8 Å². The van der Waals surface area contributed by atoms with Crippen molar-refractivity contribution in [1.82, 2.24) is 14.9 Å². The van der Waals surface area contributed by atoms with E-state index in [0.717, 1.165) is 12.0 Å². The van der Waals surface area contributed by atoms with Gasteiger partial charge in [-0.3, -0.25) is 9.59 Å². The summed E-state index contributed by atoms with van der Waals surface area (Å²) >= 11 is 0. The number of carbonyl (C=O) groups excluding carboxylic acids is 2. The van der Waals surface area contributed by atoms with Gasteiger partial charge < -0.3 is 10.6 Å². The minimum absolute atomic E-state index is 0.122. The Labute approximate surface area is 136 Å². The van der Waals surface area contributed by atoms with E-state index in [1.807, 2.05) is 6.92 Å². The van der Waals surface area contributed by atoms with Crippen LogP contribution in [0.15, 0.2) is 29.2 Å². The highest BCUT2D eigenvalue weighted by Crippen LogP contribution is 2.25. The third-order valence-electron chi connectivity index (χ3n) is 3.88. The third-order valence-corrected chi connectivity index (χ3v) is 5.85. The van der Waals surface area contributed by atoms with Crippen LogP contribution in [0.2, 0.25) is 0 Å². The molecule has 0 saturated carbocycles. The highest BCUT2D eigenvalue weighted by molar-refractivity contribution is 7.89. The van der Waals surface area contributed by atoms with Gasteiger partial charge in [-0.1, -0.05) is 17.7 Å². The van der Waals surface area contributed by atoms with Crippen molar-refractivity contribution in [2.24, 2.45) is 0 Å². The molecule has 2 amide bonds. The SMILES string of the molecule is CNC(=O)C(=O)NCC1CCCN1S(=O)(=O)c1ccc(C)cc1. The molecule has 1 aliphatic rings. The van der Waals surface area contributed by atoms with Gasteiger partial charge in [-0.05, 0) is 31.9 Å². The van der Waals surface area contributed by atoms with Gasteiger partial charge in [0.2, 0.25) is 10.0 Å². The highest BCUT2D eigenvalue weighted by Gasteiger charge is 2.35. The number of nitrogens with zero attached hydrogens (tertiary/aromatic N) is 1. The molecule has 2 N–H and O–H groups in total. The molecule has 0 spiro atoms. The van der Waals surface area contributed by atoms with Gasteiger partial charge in [0.15, 0.2) is 0 Å². The van der Waals surface area contributed by atoms with Crippen molar-refractivity contribution in [3.05, 3.63) is 29.8 Å². The zero-order valence-corrected chi connectivity index (χ0v) is 14.0. The van der Waals surface area contributed by atoms with Crippen molar-refractivity contribution in [2.75, 3.05) is 20.1 Å². The maximum Gasteiger partial charge on any atom is 0.309 e. The molecule has 1 unspecified atom stereocenters. The van der Waals surface area contributed by atoms with Crippen molar-refractivity contribution in [1.29, 1.82) is 0 Å². The number of hydrogen-bond acceptors (Lipinski definition) is 4. The van der Waals surface area contributed by atoms with Crippen LogP contribution in [0.3, 0.4) is 0 Å². The fraction of sp³-hybridized carbons (Fsp3) is 0.467. The topological polar surface area (TPSA) is 95.6 Å². The Kier molecular flexibility index (Phi) is 5.38. The number of likely N-dealkylation sites (N-methyl/N-ethyl adjacent to an activating group) is 1. The first-order valence-corrected chi connectivity index (χ1v) is 8.88. The smallest absolute Gasteiger partial charge is 0.309 e. The molecular formula is C15H21N3O4S. The van der Waals surface area contributed by atoms with Crippen molar-refractivity contribution in [3.63, 3.8) is 0 Å². The van der Waals surface area contributed by atoms with Crippen LogP contribution >= 0.6 is 0 Å². The molecule has 1 aromatic carbocycles. The van der Waals surface area contributed by atoms with Gasteiger partial charge in [-0.15, -0.1) is 0 Å². The van der Waals surface area contributed by atoms with Crippen LogP contribution in [-0.4, -0.2) is 50.7 Å². The standard InChI is InChI=1S/C15H21N3O4S/c1-11-5-7-13(8-6-11)23(21,22)18-9-3-4-12(18)10-17-15(20)14(19)16-2/h5-8,12H,3-4,9-10H2,1-2H3,(H,16,19)(H,17,20). The summed E-state index contributed by atoms with van der Waals surface area (Å²) in [6.07, 6.45) is 1.38. The predicted octanol–water partition coefficient (Wildman–Crippen LogP) is 0.0103. The molecule has 1 heterocycles. The average molecular weight is 339 g/mol. The van der Waals surface area contributed by atoms with E-state index in [9.17, 15) is 18.0 Å². The third kappa shape index (κ3) is 3.89. The van der Waals surface area contributed by atoms with Crippen LogP contribution in [-0.2, 0) is 19.6 Å². The molecule has 8 heteroatoms. The molecule has 1 fully saturated rings. The van der Waals surface area contributed by atoms with Crippen molar-refractivity contribution >= 4 is 21.8 Å². The highest BCUT2D eigenvalue weighted by atomic mass is 32.2. The summed E-state index contributed by atoms with van der Waals surface area (Å²) < 4.78 is 26.9. The molecule has 0 aliphatic carbocycles. The number of sulfonamides is 1. The lowest BCUT2D eigenvalue weighted by molar-refractivity contribution is -0.138. The summed E-state index contributed by atoms with van der Waals surface area (Å²) in [6.45, 7) is 2.43. The van der Waals surface area contributed by atoms with E-state index in [1.54, 1.807) is 24.3 Å². The first-order chi connectivity index (χ1) is 10.9. The van der Waals surface area contributed by atoms with Gasteiger partial charge in [0.25, 0.3) is 0 Å². The Balaban J connectivity index is 2.10. The fourth-order valence-electron chi connectivity index (χ4n) is 2.58. The monoisotopic (exact) mass is 339 g/mol. The summed E-state index contributed by atoms with van der Waals surface area (Å²) in [6, 6.07) is 6.35. The normalized spacial score (nSPS) is 18.6. The molecule has 7 nitrogen and oxygen atoms in total. The summed E-state index contributed by atoms with van der Waals surface area (Å²) in [5, 5.41) is 4.71. The zero-order chi connectivity index (χ0) is 17.0. The second-order valence-corrected chi connectivity index (χ2v) is 7.40. The Hall–Kier alpha value is -1.93. The lowest BCUT2D eigenvalue weighted by Gasteiger charge is -2.24. The summed E-state index contributed by atoms with van der Waals surface area (Å²) in [7, 11) is -2.23. The Morgan fingerprint density at radius 1 is 1.22 bits per heavy atom. The first-order valence-electron chi connectivity index (χ1n) is 7.44. The predicted molar refractivity (Wildman–Crippen MR) is 85.2 cm³/mol. The molecule has 2 rings (SSSR count). The number of nitrogens with one attached hydrogen (secondary N) is 2. The van der Waals surface area contributed by atoms with Gasteiger partial charge in [0.1, 0.15) is 0 Å². The maximum absolute atomic E-state index is 12.7. The van der Waals surface area contributed by atoms with E-state index in [0.29, 0.717) is 13.0 Å². The summed E-state index contributed by atoms with van der Waals surface area (Å²) in [5.41, 5.74) is 0.986. The lowest BCUT2D eigenvalue weighted by atomic mass is 10.2. The second kappa shape index (κ2) is 7.10. The van der Waals surface area contributed by atoms with E-state index >= 15 is 0 Å². The minimum atomic E-state index is -3.60. The van der Waals surface area contributed by atoms with E-state index in [4.69, 9.17) is 0 Å². The molecule has 126 valence electrons. The molecule has 0 bridgehead atoms. The van der Waals surface area contributed by atoms with Gasteiger partial charge in [0.05, 0.1) is 4.90 Å². The molecule has 0 radical (unpaired) electrons. The summed E-state index contributed by atoms with van der Waals surface area (Å²) in [4.78, 5) is 22.9. The number of amides is 2. The maximum atomic E-state index is 12.7. The first kappa shape index (κ1) is 17.4. The van der Waals surface area contributed by atoms with Crippen LogP contribution < -0.4 is 10.6 Å². The van der Waals surface area contributed by atoms with Crippen LogP contribution in [0.25, 0.3) is 0 Å². The molecule has 23 heavy (non-hydrogen) atoms. The second-order valence-electron chi connectivity index (χ2n) is 5.51. The Morgan fingerprint density at radius 2 is 1.87 bits per heavy atom. The number of rotatable bonds is 4. The lowest BCUT2D eigenvalue weighted by Crippen LogP contribution is -2.46. The van der Waals surface area contributed by atoms with E-state index in [2.05, 4.69) is 10.6 Å². The fourth-order valence-corrected chi connectivity index (χ4v) is 4.27. The van der Waals surface area contributed by atoms with Crippen LogP contribution in [0.5, 0.6) is 0 Å². The van der Waals surface area contributed by atoms with Crippen molar-refractivity contribution in [2.45, 2.75) is 30.7 Å². The molecule has 1 aromatic rings. The molecule has 0 aromatic heterocycles. The van der Waals surface area contributed by atoms with Gasteiger partial charge in [-0.2, -0.15) is 4.31 Å². The quantitative estimate of drug-likeness (QED) is 0.756. The average Bonchev–Trinajstić information content (AvgIpc) is 3.01. The Morgan fingerprint density at radius 3 is 2.48 bits per heavy atom. The number of carbonyl (C=O) groups is 2. The van der Waals surface area contributed by atoms with Crippen molar-refractivity contribution < 1.29 is 18.0 Å². The molecule has 1 aliphatic heterocycles. The molecule has 1 saturated heterocycles.